The third-order valence-electron chi connectivity index (χ3n) is 3.91. The van der Waals surface area contributed by atoms with Crippen LogP contribution >= 0.6 is 0 Å². The van der Waals surface area contributed by atoms with Gasteiger partial charge < -0.3 is 20.1 Å². The first-order valence-electron chi connectivity index (χ1n) is 8.17. The summed E-state index contributed by atoms with van der Waals surface area (Å²) in [5.41, 5.74) is 1.95. The fourth-order valence-corrected chi connectivity index (χ4v) is 2.42. The zero-order valence-corrected chi connectivity index (χ0v) is 14.2. The number of aliphatic hydroxyl groups is 2. The molecule has 0 bridgehead atoms. The quantitative estimate of drug-likeness (QED) is 0.627. The van der Waals surface area contributed by atoms with Gasteiger partial charge in [0.05, 0.1) is 12.7 Å². The SMILES string of the molecule is CC(O)c1ccc(-c2noc(C(CO)NC(=O)c3ccccc3)n2)cc1. The van der Waals surface area contributed by atoms with Crippen LogP contribution in [-0.4, -0.2) is 32.9 Å². The Balaban J connectivity index is 1.75. The molecule has 0 aliphatic rings. The summed E-state index contributed by atoms with van der Waals surface area (Å²) in [6.45, 7) is 1.31. The highest BCUT2D eigenvalue weighted by atomic mass is 16.5. The maximum absolute atomic E-state index is 12.2. The zero-order chi connectivity index (χ0) is 18.5. The van der Waals surface area contributed by atoms with Crippen LogP contribution in [0.4, 0.5) is 0 Å². The van der Waals surface area contributed by atoms with Crippen molar-refractivity contribution in [2.24, 2.45) is 0 Å². The van der Waals surface area contributed by atoms with E-state index in [9.17, 15) is 15.0 Å². The Morgan fingerprint density at radius 1 is 1.15 bits per heavy atom. The average Bonchev–Trinajstić information content (AvgIpc) is 3.16. The third kappa shape index (κ3) is 3.96. The number of benzene rings is 2. The Kier molecular flexibility index (Phi) is 5.40. The van der Waals surface area contributed by atoms with Crippen molar-refractivity contribution in [1.82, 2.24) is 15.5 Å². The van der Waals surface area contributed by atoms with Gasteiger partial charge in [-0.2, -0.15) is 4.98 Å². The molecule has 0 saturated heterocycles. The van der Waals surface area contributed by atoms with E-state index in [0.29, 0.717) is 17.0 Å². The van der Waals surface area contributed by atoms with Crippen molar-refractivity contribution < 1.29 is 19.5 Å². The van der Waals surface area contributed by atoms with E-state index in [1.165, 1.54) is 0 Å². The first-order chi connectivity index (χ1) is 12.6. The molecule has 0 aliphatic carbocycles. The van der Waals surface area contributed by atoms with Gasteiger partial charge in [-0.25, -0.2) is 0 Å². The molecule has 3 aromatic rings. The number of nitrogens with one attached hydrogen (secondary N) is 1. The van der Waals surface area contributed by atoms with Crippen LogP contribution in [0.3, 0.4) is 0 Å². The average molecular weight is 353 g/mol. The van der Waals surface area contributed by atoms with E-state index in [2.05, 4.69) is 15.5 Å². The van der Waals surface area contributed by atoms with Crippen LogP contribution < -0.4 is 5.32 Å². The molecule has 0 radical (unpaired) electrons. The van der Waals surface area contributed by atoms with E-state index >= 15 is 0 Å². The van der Waals surface area contributed by atoms with Gasteiger partial charge in [-0.05, 0) is 24.6 Å². The van der Waals surface area contributed by atoms with Crippen LogP contribution in [0.1, 0.15) is 40.9 Å². The Hall–Kier alpha value is -3.03. The van der Waals surface area contributed by atoms with Crippen molar-refractivity contribution in [3.63, 3.8) is 0 Å². The minimum Gasteiger partial charge on any atom is -0.394 e. The van der Waals surface area contributed by atoms with Gasteiger partial charge in [-0.15, -0.1) is 0 Å². The summed E-state index contributed by atoms with van der Waals surface area (Å²) in [5, 5.41) is 25.7. The van der Waals surface area contributed by atoms with Gasteiger partial charge in [-0.1, -0.05) is 47.6 Å². The number of amides is 1. The Labute approximate surface area is 150 Å². The second kappa shape index (κ2) is 7.90. The second-order valence-electron chi connectivity index (χ2n) is 5.83. The van der Waals surface area contributed by atoms with Crippen molar-refractivity contribution in [2.75, 3.05) is 6.61 Å². The molecule has 0 fully saturated rings. The van der Waals surface area contributed by atoms with Crippen molar-refractivity contribution in [1.29, 1.82) is 0 Å². The smallest absolute Gasteiger partial charge is 0.251 e. The van der Waals surface area contributed by atoms with Crippen LogP contribution in [0, 0.1) is 0 Å². The van der Waals surface area contributed by atoms with E-state index in [-0.39, 0.29) is 18.4 Å². The van der Waals surface area contributed by atoms with Gasteiger partial charge in [0, 0.05) is 11.1 Å². The molecule has 2 aromatic carbocycles. The largest absolute Gasteiger partial charge is 0.394 e. The fraction of sp³-hybridized carbons (Fsp3) is 0.211. The number of hydrogen-bond acceptors (Lipinski definition) is 6. The number of rotatable bonds is 6. The lowest BCUT2D eigenvalue weighted by molar-refractivity contribution is 0.0901. The molecule has 2 atom stereocenters. The summed E-state index contributed by atoms with van der Waals surface area (Å²) in [6, 6.07) is 15.0. The molecular formula is C19H19N3O4. The Morgan fingerprint density at radius 2 is 1.85 bits per heavy atom. The topological polar surface area (TPSA) is 108 Å². The van der Waals surface area contributed by atoms with E-state index in [0.717, 1.165) is 5.56 Å². The van der Waals surface area contributed by atoms with Crippen molar-refractivity contribution in [3.8, 4) is 11.4 Å². The van der Waals surface area contributed by atoms with Crippen LogP contribution in [-0.2, 0) is 0 Å². The molecule has 7 heteroatoms. The molecule has 26 heavy (non-hydrogen) atoms. The van der Waals surface area contributed by atoms with Crippen molar-refractivity contribution in [2.45, 2.75) is 19.1 Å². The molecule has 1 aromatic heterocycles. The molecule has 3 N–H and O–H groups in total. The van der Waals surface area contributed by atoms with Gasteiger partial charge in [0.2, 0.25) is 5.82 Å². The van der Waals surface area contributed by atoms with Crippen molar-refractivity contribution in [3.05, 3.63) is 71.6 Å². The highest BCUT2D eigenvalue weighted by Gasteiger charge is 2.21. The number of aliphatic hydroxyl groups excluding tert-OH is 2. The molecule has 1 amide bonds. The van der Waals surface area contributed by atoms with E-state index < -0.39 is 12.1 Å². The predicted molar refractivity (Wildman–Crippen MR) is 94.1 cm³/mol. The standard InChI is InChI=1S/C19H19N3O4/c1-12(24)13-7-9-14(10-8-13)17-21-19(26-22-17)16(11-23)20-18(25)15-5-3-2-4-6-15/h2-10,12,16,23-24H,11H2,1H3,(H,20,25). The lowest BCUT2D eigenvalue weighted by atomic mass is 10.1. The van der Waals surface area contributed by atoms with Gasteiger partial charge in [0.25, 0.3) is 11.8 Å². The molecule has 0 aliphatic heterocycles. The van der Waals surface area contributed by atoms with Gasteiger partial charge in [0.1, 0.15) is 6.04 Å². The Morgan fingerprint density at radius 3 is 2.46 bits per heavy atom. The molecule has 3 rings (SSSR count). The number of hydrogen-bond donors (Lipinski definition) is 3. The molecular weight excluding hydrogens is 334 g/mol. The predicted octanol–water partition coefficient (Wildman–Crippen LogP) is 2.25. The van der Waals surface area contributed by atoms with Gasteiger partial charge in [0.15, 0.2) is 0 Å². The summed E-state index contributed by atoms with van der Waals surface area (Å²) >= 11 is 0. The summed E-state index contributed by atoms with van der Waals surface area (Å²) in [7, 11) is 0. The molecule has 7 nitrogen and oxygen atoms in total. The number of carbonyl (C=O) groups excluding carboxylic acids is 1. The monoisotopic (exact) mass is 353 g/mol. The lowest BCUT2D eigenvalue weighted by Gasteiger charge is -2.11. The van der Waals surface area contributed by atoms with Crippen LogP contribution in [0.25, 0.3) is 11.4 Å². The summed E-state index contributed by atoms with van der Waals surface area (Å²) < 4.78 is 5.20. The number of carbonyl (C=O) groups is 1. The summed E-state index contributed by atoms with van der Waals surface area (Å²) in [6.07, 6.45) is -0.558. The fourth-order valence-electron chi connectivity index (χ4n) is 2.42. The second-order valence-corrected chi connectivity index (χ2v) is 5.83. The summed E-state index contributed by atoms with van der Waals surface area (Å²) in [4.78, 5) is 16.5. The highest BCUT2D eigenvalue weighted by Crippen LogP contribution is 2.21. The number of nitrogens with zero attached hydrogens (tertiary/aromatic N) is 2. The first kappa shape index (κ1) is 17.8. The highest BCUT2D eigenvalue weighted by molar-refractivity contribution is 5.94. The van der Waals surface area contributed by atoms with Crippen LogP contribution in [0.5, 0.6) is 0 Å². The lowest BCUT2D eigenvalue weighted by Crippen LogP contribution is -2.31. The molecule has 0 saturated carbocycles. The maximum Gasteiger partial charge on any atom is 0.251 e. The number of aromatic nitrogens is 2. The van der Waals surface area contributed by atoms with Gasteiger partial charge >= 0.3 is 0 Å². The van der Waals surface area contributed by atoms with E-state index in [1.807, 2.05) is 6.07 Å². The molecule has 2 unspecified atom stereocenters. The normalized spacial score (nSPS) is 13.2. The van der Waals surface area contributed by atoms with E-state index in [1.54, 1.807) is 55.5 Å². The Bertz CT molecular complexity index is 860. The zero-order valence-electron chi connectivity index (χ0n) is 14.2. The van der Waals surface area contributed by atoms with Crippen LogP contribution in [0.2, 0.25) is 0 Å². The van der Waals surface area contributed by atoms with Gasteiger partial charge in [-0.3, -0.25) is 4.79 Å². The summed E-state index contributed by atoms with van der Waals surface area (Å²) in [5.74, 6) is 0.113. The maximum atomic E-state index is 12.2. The first-order valence-corrected chi connectivity index (χ1v) is 8.17. The molecule has 0 spiro atoms. The van der Waals surface area contributed by atoms with Crippen molar-refractivity contribution >= 4 is 5.91 Å². The minimum atomic E-state index is -0.805. The van der Waals surface area contributed by atoms with E-state index in [4.69, 9.17) is 4.52 Å². The third-order valence-corrected chi connectivity index (χ3v) is 3.91. The molecule has 134 valence electrons. The minimum absolute atomic E-state index is 0.117. The van der Waals surface area contributed by atoms with Crippen LogP contribution in [0.15, 0.2) is 59.1 Å². The molecule has 1 heterocycles.